The lowest BCUT2D eigenvalue weighted by atomic mass is 9.62. The largest absolute Gasteiger partial charge is 0.490 e. The molecule has 1 aliphatic heterocycles. The van der Waals surface area contributed by atoms with Crippen LogP contribution in [-0.2, 0) is 14.3 Å². The van der Waals surface area contributed by atoms with Crippen molar-refractivity contribution >= 4 is 11.8 Å². The minimum Gasteiger partial charge on any atom is -0.439 e. The summed E-state index contributed by atoms with van der Waals surface area (Å²) in [6, 6.07) is 0. The van der Waals surface area contributed by atoms with Crippen molar-refractivity contribution in [3.05, 3.63) is 0 Å². The van der Waals surface area contributed by atoms with E-state index in [0.29, 0.717) is 6.54 Å². The van der Waals surface area contributed by atoms with Crippen molar-refractivity contribution in [1.82, 2.24) is 5.32 Å². The van der Waals surface area contributed by atoms with E-state index in [0.717, 1.165) is 0 Å². The smallest absolute Gasteiger partial charge is 0.439 e. The summed E-state index contributed by atoms with van der Waals surface area (Å²) in [7, 11) is 0. The second-order valence-electron chi connectivity index (χ2n) is 3.92. The van der Waals surface area contributed by atoms with E-state index in [-0.39, 0.29) is 18.6 Å². The number of hydrogen-bond donors (Lipinski definition) is 1. The van der Waals surface area contributed by atoms with Gasteiger partial charge in [-0.2, -0.15) is 13.2 Å². The molecule has 1 unspecified atom stereocenters. The first-order valence-corrected chi connectivity index (χ1v) is 4.36. The highest BCUT2D eigenvalue weighted by molar-refractivity contribution is 5.87. The van der Waals surface area contributed by atoms with Crippen LogP contribution in [0.5, 0.6) is 0 Å². The van der Waals surface area contributed by atoms with Gasteiger partial charge in [0.1, 0.15) is 5.78 Å². The van der Waals surface area contributed by atoms with Crippen molar-refractivity contribution in [2.24, 2.45) is 5.41 Å². The molecule has 1 saturated carbocycles. The number of esters is 1. The third-order valence-electron chi connectivity index (χ3n) is 2.75. The number of ketones is 1. The minimum absolute atomic E-state index is 0.00967. The highest BCUT2D eigenvalue weighted by Gasteiger charge is 2.59. The molecule has 0 aromatic carbocycles. The van der Waals surface area contributed by atoms with Crippen LogP contribution < -0.4 is 5.32 Å². The maximum atomic E-state index is 11.9. The van der Waals surface area contributed by atoms with Gasteiger partial charge in [-0.15, -0.1) is 0 Å². The second kappa shape index (κ2) is 2.94. The maximum absolute atomic E-state index is 11.9. The van der Waals surface area contributed by atoms with E-state index < -0.39 is 23.8 Å². The van der Waals surface area contributed by atoms with Crippen molar-refractivity contribution < 1.29 is 27.5 Å². The van der Waals surface area contributed by atoms with Crippen molar-refractivity contribution in [2.45, 2.75) is 25.2 Å². The Morgan fingerprint density at radius 3 is 2.40 bits per heavy atom. The molecule has 0 radical (unpaired) electrons. The molecule has 1 atom stereocenters. The van der Waals surface area contributed by atoms with Gasteiger partial charge in [0.05, 0.1) is 0 Å². The molecule has 2 aliphatic rings. The number of carbonyl (C=O) groups is 2. The quantitative estimate of drug-likeness (QED) is 0.652. The molecule has 4 nitrogen and oxygen atoms in total. The van der Waals surface area contributed by atoms with Crippen molar-refractivity contribution in [2.75, 3.05) is 6.54 Å². The zero-order chi connectivity index (χ0) is 11.3. The Morgan fingerprint density at radius 1 is 1.47 bits per heavy atom. The molecule has 1 spiro atoms. The van der Waals surface area contributed by atoms with Gasteiger partial charge in [0.25, 0.3) is 0 Å². The zero-order valence-electron chi connectivity index (χ0n) is 7.56. The molecule has 0 aromatic rings. The number of rotatable bonds is 1. The van der Waals surface area contributed by atoms with Crippen LogP contribution in [0.1, 0.15) is 12.8 Å². The Balaban J connectivity index is 1.92. The minimum atomic E-state index is -4.98. The molecule has 0 amide bonds. The monoisotopic (exact) mass is 223 g/mol. The van der Waals surface area contributed by atoms with Crippen LogP contribution in [0.25, 0.3) is 0 Å². The van der Waals surface area contributed by atoms with Crippen LogP contribution in [0.15, 0.2) is 0 Å². The standard InChI is InChI=1S/C8H8F3NO3/c9-8(10,11)6(14)15-5-7(3-12-5)1-4(13)2-7/h5,12H,1-3H2. The summed E-state index contributed by atoms with van der Waals surface area (Å²) in [6.07, 6.45) is -5.57. The van der Waals surface area contributed by atoms with E-state index in [2.05, 4.69) is 10.1 Å². The molecule has 2 rings (SSSR count). The highest BCUT2D eigenvalue weighted by atomic mass is 19.4. The van der Waals surface area contributed by atoms with Gasteiger partial charge in [-0.1, -0.05) is 0 Å². The maximum Gasteiger partial charge on any atom is 0.490 e. The van der Waals surface area contributed by atoms with Gasteiger partial charge >= 0.3 is 12.1 Å². The van der Waals surface area contributed by atoms with Crippen molar-refractivity contribution in [3.63, 3.8) is 0 Å². The Kier molecular flexibility index (Phi) is 2.04. The fourth-order valence-corrected chi connectivity index (χ4v) is 1.86. The van der Waals surface area contributed by atoms with Crippen molar-refractivity contribution in [3.8, 4) is 0 Å². The third kappa shape index (κ3) is 1.60. The Labute approximate surface area is 82.8 Å². The van der Waals surface area contributed by atoms with E-state index in [9.17, 15) is 22.8 Å². The van der Waals surface area contributed by atoms with Gasteiger partial charge in [-0.3, -0.25) is 10.1 Å². The summed E-state index contributed by atoms with van der Waals surface area (Å²) < 4.78 is 39.8. The lowest BCUT2D eigenvalue weighted by molar-refractivity contribution is -0.226. The van der Waals surface area contributed by atoms with E-state index in [1.165, 1.54) is 0 Å². The summed E-state index contributed by atoms with van der Waals surface area (Å²) in [5, 5.41) is 2.57. The van der Waals surface area contributed by atoms with Crippen LogP contribution in [-0.4, -0.2) is 30.7 Å². The predicted molar refractivity (Wildman–Crippen MR) is 40.6 cm³/mol. The van der Waals surface area contributed by atoms with Crippen LogP contribution in [0.3, 0.4) is 0 Å². The molecule has 15 heavy (non-hydrogen) atoms. The number of ether oxygens (including phenoxy) is 1. The summed E-state index contributed by atoms with van der Waals surface area (Å²) in [6.45, 7) is 0.425. The molecule has 7 heteroatoms. The Morgan fingerprint density at radius 2 is 2.07 bits per heavy atom. The van der Waals surface area contributed by atoms with Gasteiger partial charge in [-0.05, 0) is 0 Å². The Hall–Kier alpha value is -1.11. The first-order chi connectivity index (χ1) is 6.83. The fraction of sp³-hybridized carbons (Fsp3) is 0.750. The van der Waals surface area contributed by atoms with Gasteiger partial charge < -0.3 is 4.74 Å². The fourth-order valence-electron chi connectivity index (χ4n) is 1.86. The third-order valence-corrected chi connectivity index (χ3v) is 2.75. The number of Topliss-reactive ketones (excluding diaryl/α,β-unsaturated/α-hetero) is 1. The molecule has 1 N–H and O–H groups in total. The normalized spacial score (nSPS) is 28.2. The van der Waals surface area contributed by atoms with Gasteiger partial charge in [0, 0.05) is 24.8 Å². The van der Waals surface area contributed by atoms with E-state index in [1.54, 1.807) is 0 Å². The van der Waals surface area contributed by atoms with Gasteiger partial charge in [0.15, 0.2) is 6.23 Å². The SMILES string of the molecule is O=C1CC2(CNC2OC(=O)C(F)(F)F)C1. The van der Waals surface area contributed by atoms with Crippen molar-refractivity contribution in [1.29, 1.82) is 0 Å². The summed E-state index contributed by atoms with van der Waals surface area (Å²) in [5.41, 5.74) is -0.571. The highest BCUT2D eigenvalue weighted by Crippen LogP contribution is 2.46. The second-order valence-corrected chi connectivity index (χ2v) is 3.92. The summed E-state index contributed by atoms with van der Waals surface area (Å²) >= 11 is 0. The predicted octanol–water partition coefficient (Wildman–Crippen LogP) is 0.370. The number of hydrogen-bond acceptors (Lipinski definition) is 4. The van der Waals surface area contributed by atoms with E-state index in [1.807, 2.05) is 0 Å². The van der Waals surface area contributed by atoms with Gasteiger partial charge in [-0.25, -0.2) is 4.79 Å². The van der Waals surface area contributed by atoms with E-state index in [4.69, 9.17) is 0 Å². The van der Waals surface area contributed by atoms with Crippen LogP contribution >= 0.6 is 0 Å². The average molecular weight is 223 g/mol. The summed E-state index contributed by atoms with van der Waals surface area (Å²) in [4.78, 5) is 21.3. The zero-order valence-corrected chi connectivity index (χ0v) is 7.56. The molecule has 0 bridgehead atoms. The molecule has 1 aliphatic carbocycles. The van der Waals surface area contributed by atoms with Crippen LogP contribution in [0.4, 0.5) is 13.2 Å². The lowest BCUT2D eigenvalue weighted by Gasteiger charge is -2.53. The van der Waals surface area contributed by atoms with E-state index >= 15 is 0 Å². The molecule has 1 saturated heterocycles. The molecular weight excluding hydrogens is 215 g/mol. The molecule has 2 fully saturated rings. The number of halogens is 3. The Bertz CT molecular complexity index is 318. The first kappa shape index (κ1) is 10.4. The topological polar surface area (TPSA) is 55.4 Å². The molecule has 0 aromatic heterocycles. The number of carbonyl (C=O) groups excluding carboxylic acids is 2. The number of alkyl halides is 3. The molecule has 1 heterocycles. The average Bonchev–Trinajstić information content (AvgIpc) is 2.04. The summed E-state index contributed by atoms with van der Waals surface area (Å²) in [5.74, 6) is -2.22. The lowest BCUT2D eigenvalue weighted by Crippen LogP contribution is -2.69. The van der Waals surface area contributed by atoms with Crippen LogP contribution in [0, 0.1) is 5.41 Å². The van der Waals surface area contributed by atoms with Crippen LogP contribution in [0.2, 0.25) is 0 Å². The first-order valence-electron chi connectivity index (χ1n) is 4.36. The molecule has 84 valence electrons. The van der Waals surface area contributed by atoms with Gasteiger partial charge in [0.2, 0.25) is 0 Å². The molecular formula is C8H8F3NO3. The number of nitrogens with one attached hydrogen (secondary N) is 1.